The Labute approximate surface area is 134 Å². The molecule has 2 aromatic heterocycles. The Morgan fingerprint density at radius 3 is 3.00 bits per heavy atom. The molecule has 1 aliphatic heterocycles. The van der Waals surface area contributed by atoms with Crippen molar-refractivity contribution in [2.24, 2.45) is 0 Å². The van der Waals surface area contributed by atoms with Crippen LogP contribution in [0.15, 0.2) is 55.2 Å². The topological polar surface area (TPSA) is 50.9 Å². The summed E-state index contributed by atoms with van der Waals surface area (Å²) in [6, 6.07) is 10.2. The maximum atomic E-state index is 11.7. The van der Waals surface area contributed by atoms with E-state index in [9.17, 15) is 5.11 Å². The van der Waals surface area contributed by atoms with E-state index in [0.29, 0.717) is 0 Å². The first-order chi connectivity index (χ1) is 11.3. The predicted octanol–water partition coefficient (Wildman–Crippen LogP) is 3.07. The minimum atomic E-state index is -0.941. The summed E-state index contributed by atoms with van der Waals surface area (Å²) >= 11 is 0. The summed E-state index contributed by atoms with van der Waals surface area (Å²) in [4.78, 5) is 8.59. The van der Waals surface area contributed by atoms with E-state index in [-0.39, 0.29) is 6.04 Å². The van der Waals surface area contributed by atoms with Crippen molar-refractivity contribution in [3.63, 3.8) is 0 Å². The second-order valence-electron chi connectivity index (χ2n) is 6.49. The number of nitrogens with zero attached hydrogens (tertiary/aromatic N) is 3. The molecule has 4 nitrogen and oxygen atoms in total. The van der Waals surface area contributed by atoms with Crippen molar-refractivity contribution in [3.05, 3.63) is 71.9 Å². The standard InChI is InChI=1S/C19H17N3O/c23-19(8-3-4-13-7-9-20-10-16(13)19)18-15-6-2-1-5-14(15)17-11-21-12-22(17)18/h1-2,5-7,9-12,18,23H,3-4,8H2/t18-,19+/m1/s1. The number of imidazole rings is 1. The molecule has 0 amide bonds. The van der Waals surface area contributed by atoms with Crippen molar-refractivity contribution in [1.29, 1.82) is 0 Å². The Bertz CT molecular complexity index is 901. The molecule has 1 N–H and O–H groups in total. The lowest BCUT2D eigenvalue weighted by Crippen LogP contribution is -2.39. The lowest BCUT2D eigenvalue weighted by Gasteiger charge is -2.39. The number of aryl methyl sites for hydroxylation is 1. The molecule has 2 aliphatic rings. The molecule has 114 valence electrons. The average Bonchev–Trinajstić information content (AvgIpc) is 3.15. The van der Waals surface area contributed by atoms with Gasteiger partial charge < -0.3 is 9.67 Å². The average molecular weight is 303 g/mol. The second kappa shape index (κ2) is 4.52. The van der Waals surface area contributed by atoms with Gasteiger partial charge in [-0.3, -0.25) is 4.98 Å². The van der Waals surface area contributed by atoms with Crippen molar-refractivity contribution in [2.45, 2.75) is 30.9 Å². The molecule has 5 rings (SSSR count). The van der Waals surface area contributed by atoms with Gasteiger partial charge in [0.1, 0.15) is 5.60 Å². The minimum absolute atomic E-state index is 0.139. The number of hydrogen-bond donors (Lipinski definition) is 1. The van der Waals surface area contributed by atoms with Crippen LogP contribution in [0.3, 0.4) is 0 Å². The minimum Gasteiger partial charge on any atom is -0.383 e. The quantitative estimate of drug-likeness (QED) is 0.751. The van der Waals surface area contributed by atoms with Crippen LogP contribution in [-0.2, 0) is 12.0 Å². The molecule has 23 heavy (non-hydrogen) atoms. The molecule has 0 unspecified atom stereocenters. The molecular weight excluding hydrogens is 286 g/mol. The predicted molar refractivity (Wildman–Crippen MR) is 86.9 cm³/mol. The van der Waals surface area contributed by atoms with Gasteiger partial charge >= 0.3 is 0 Å². The zero-order valence-electron chi connectivity index (χ0n) is 12.7. The third-order valence-corrected chi connectivity index (χ3v) is 5.31. The van der Waals surface area contributed by atoms with Crippen molar-refractivity contribution in [2.75, 3.05) is 0 Å². The lowest BCUT2D eigenvalue weighted by molar-refractivity contribution is -0.0171. The zero-order valence-corrected chi connectivity index (χ0v) is 12.7. The van der Waals surface area contributed by atoms with Crippen LogP contribution in [0.4, 0.5) is 0 Å². The maximum absolute atomic E-state index is 11.7. The molecule has 0 bridgehead atoms. The van der Waals surface area contributed by atoms with Crippen LogP contribution >= 0.6 is 0 Å². The van der Waals surface area contributed by atoms with E-state index in [4.69, 9.17) is 0 Å². The van der Waals surface area contributed by atoms with Crippen LogP contribution in [0.2, 0.25) is 0 Å². The fraction of sp³-hybridized carbons (Fsp3) is 0.263. The fourth-order valence-electron chi connectivity index (χ4n) is 4.32. The number of pyridine rings is 1. The summed E-state index contributed by atoms with van der Waals surface area (Å²) < 4.78 is 2.12. The van der Waals surface area contributed by atoms with Crippen molar-refractivity contribution < 1.29 is 5.11 Å². The summed E-state index contributed by atoms with van der Waals surface area (Å²) in [6.07, 6.45) is 10.1. The Kier molecular flexibility index (Phi) is 2.56. The van der Waals surface area contributed by atoms with Gasteiger partial charge in [0.25, 0.3) is 0 Å². The van der Waals surface area contributed by atoms with Crippen molar-refractivity contribution >= 4 is 0 Å². The SMILES string of the molecule is O[C@@]1([C@H]2c3ccccc3-c3cncn32)CCCc2ccncc21. The molecular formula is C19H17N3O. The number of aromatic nitrogens is 3. The van der Waals surface area contributed by atoms with Crippen LogP contribution in [0.5, 0.6) is 0 Å². The van der Waals surface area contributed by atoms with E-state index in [1.807, 2.05) is 43.1 Å². The van der Waals surface area contributed by atoms with E-state index in [1.54, 1.807) is 0 Å². The highest BCUT2D eigenvalue weighted by molar-refractivity contribution is 5.70. The zero-order chi connectivity index (χ0) is 15.4. The van der Waals surface area contributed by atoms with Crippen LogP contribution < -0.4 is 0 Å². The Morgan fingerprint density at radius 1 is 1.13 bits per heavy atom. The van der Waals surface area contributed by atoms with Crippen molar-refractivity contribution in [3.8, 4) is 11.3 Å². The van der Waals surface area contributed by atoms with E-state index < -0.39 is 5.60 Å². The van der Waals surface area contributed by atoms with E-state index in [0.717, 1.165) is 30.5 Å². The van der Waals surface area contributed by atoms with Gasteiger partial charge in [-0.2, -0.15) is 0 Å². The van der Waals surface area contributed by atoms with Gasteiger partial charge in [0.05, 0.1) is 24.3 Å². The number of rotatable bonds is 1. The molecule has 4 heteroatoms. The molecule has 1 aliphatic carbocycles. The first-order valence-electron chi connectivity index (χ1n) is 8.06. The monoisotopic (exact) mass is 303 g/mol. The van der Waals surface area contributed by atoms with Crippen LogP contribution in [0.25, 0.3) is 11.3 Å². The van der Waals surface area contributed by atoms with Crippen LogP contribution in [-0.4, -0.2) is 19.6 Å². The number of hydrogen-bond acceptors (Lipinski definition) is 3. The lowest BCUT2D eigenvalue weighted by atomic mass is 9.73. The van der Waals surface area contributed by atoms with E-state index in [2.05, 4.69) is 26.7 Å². The third kappa shape index (κ3) is 1.64. The van der Waals surface area contributed by atoms with Gasteiger partial charge in [-0.25, -0.2) is 4.98 Å². The van der Waals surface area contributed by atoms with Gasteiger partial charge in [0, 0.05) is 23.5 Å². The van der Waals surface area contributed by atoms with Gasteiger partial charge in [-0.05, 0) is 36.5 Å². The Hall–Kier alpha value is -2.46. The number of fused-ring (bicyclic) bond motifs is 4. The highest BCUT2D eigenvalue weighted by Gasteiger charge is 2.47. The highest BCUT2D eigenvalue weighted by Crippen LogP contribution is 2.51. The normalized spacial score (nSPS) is 24.8. The molecule has 1 aromatic carbocycles. The van der Waals surface area contributed by atoms with Gasteiger partial charge in [0.15, 0.2) is 0 Å². The molecule has 2 atom stereocenters. The summed E-state index contributed by atoms with van der Waals surface area (Å²) in [6.45, 7) is 0. The summed E-state index contributed by atoms with van der Waals surface area (Å²) in [7, 11) is 0. The fourth-order valence-corrected chi connectivity index (χ4v) is 4.32. The number of aliphatic hydroxyl groups is 1. The van der Waals surface area contributed by atoms with E-state index >= 15 is 0 Å². The molecule has 0 saturated heterocycles. The largest absolute Gasteiger partial charge is 0.383 e. The maximum Gasteiger partial charge on any atom is 0.116 e. The summed E-state index contributed by atoms with van der Waals surface area (Å²) in [5.41, 5.74) is 4.65. The molecule has 3 heterocycles. The molecule has 0 fully saturated rings. The third-order valence-electron chi connectivity index (χ3n) is 5.31. The van der Waals surface area contributed by atoms with Crippen LogP contribution in [0, 0.1) is 0 Å². The smallest absolute Gasteiger partial charge is 0.116 e. The van der Waals surface area contributed by atoms with Crippen LogP contribution in [0.1, 0.15) is 35.6 Å². The van der Waals surface area contributed by atoms with E-state index in [1.165, 1.54) is 16.7 Å². The Balaban J connectivity index is 1.77. The molecule has 0 radical (unpaired) electrons. The van der Waals surface area contributed by atoms with Gasteiger partial charge in [-0.15, -0.1) is 0 Å². The molecule has 0 spiro atoms. The van der Waals surface area contributed by atoms with Crippen molar-refractivity contribution in [1.82, 2.24) is 14.5 Å². The molecule has 3 aromatic rings. The summed E-state index contributed by atoms with van der Waals surface area (Å²) in [5, 5.41) is 11.7. The first-order valence-corrected chi connectivity index (χ1v) is 8.06. The van der Waals surface area contributed by atoms with Gasteiger partial charge in [0.2, 0.25) is 0 Å². The highest BCUT2D eigenvalue weighted by atomic mass is 16.3. The second-order valence-corrected chi connectivity index (χ2v) is 6.49. The number of benzene rings is 1. The molecule has 0 saturated carbocycles. The first kappa shape index (κ1) is 13.0. The Morgan fingerprint density at radius 2 is 2.04 bits per heavy atom. The summed E-state index contributed by atoms with van der Waals surface area (Å²) in [5.74, 6) is 0. The van der Waals surface area contributed by atoms with Gasteiger partial charge in [-0.1, -0.05) is 24.3 Å².